The van der Waals surface area contributed by atoms with Crippen molar-refractivity contribution in [3.05, 3.63) is 58.1 Å². The number of hydrogen-bond donors (Lipinski definition) is 1. The van der Waals surface area contributed by atoms with Gasteiger partial charge in [-0.05, 0) is 28.9 Å². The number of aromatic hydroxyl groups is 1. The molecule has 4 heteroatoms. The standard InChI is InChI=1S/C15H13BrO3/c1-2-19-14-9-13(17)11(8-12(14)16)15(18)10-6-4-3-5-7-10/h3-9,17H,2H2,1H3. The average Bonchev–Trinajstić information content (AvgIpc) is 2.43. The third-order valence-corrected chi connectivity index (χ3v) is 3.25. The lowest BCUT2D eigenvalue weighted by Gasteiger charge is -2.10. The smallest absolute Gasteiger partial charge is 0.196 e. The molecule has 0 aliphatic rings. The number of phenolic OH excluding ortho intramolecular Hbond substituents is 1. The number of carbonyl (C=O) groups excluding carboxylic acids is 1. The van der Waals surface area contributed by atoms with Crippen LogP contribution in [0.1, 0.15) is 22.8 Å². The quantitative estimate of drug-likeness (QED) is 0.872. The van der Waals surface area contributed by atoms with Gasteiger partial charge in [-0.2, -0.15) is 0 Å². The van der Waals surface area contributed by atoms with Crippen LogP contribution < -0.4 is 4.74 Å². The van der Waals surface area contributed by atoms with Crippen molar-refractivity contribution in [1.82, 2.24) is 0 Å². The van der Waals surface area contributed by atoms with E-state index in [0.717, 1.165) is 0 Å². The first kappa shape index (κ1) is 13.6. The normalized spacial score (nSPS) is 10.2. The summed E-state index contributed by atoms with van der Waals surface area (Å²) in [5.41, 5.74) is 0.787. The highest BCUT2D eigenvalue weighted by Gasteiger charge is 2.16. The van der Waals surface area contributed by atoms with Gasteiger partial charge in [0.2, 0.25) is 0 Å². The molecule has 0 amide bonds. The Morgan fingerprint density at radius 1 is 1.26 bits per heavy atom. The Morgan fingerprint density at radius 2 is 1.95 bits per heavy atom. The van der Waals surface area contributed by atoms with E-state index in [1.807, 2.05) is 13.0 Å². The minimum absolute atomic E-state index is 0.0829. The van der Waals surface area contributed by atoms with Crippen molar-refractivity contribution < 1.29 is 14.6 Å². The maximum absolute atomic E-state index is 12.3. The van der Waals surface area contributed by atoms with Crippen LogP contribution in [0.5, 0.6) is 11.5 Å². The van der Waals surface area contributed by atoms with Crippen molar-refractivity contribution in [3.8, 4) is 11.5 Å². The van der Waals surface area contributed by atoms with E-state index in [1.165, 1.54) is 6.07 Å². The van der Waals surface area contributed by atoms with Gasteiger partial charge >= 0.3 is 0 Å². The Morgan fingerprint density at radius 3 is 2.58 bits per heavy atom. The predicted octanol–water partition coefficient (Wildman–Crippen LogP) is 3.78. The fraction of sp³-hybridized carbons (Fsp3) is 0.133. The maximum Gasteiger partial charge on any atom is 0.196 e. The van der Waals surface area contributed by atoms with E-state index in [4.69, 9.17) is 4.74 Å². The molecule has 0 spiro atoms. The van der Waals surface area contributed by atoms with Crippen molar-refractivity contribution in [2.75, 3.05) is 6.61 Å². The topological polar surface area (TPSA) is 46.5 Å². The number of hydrogen-bond acceptors (Lipinski definition) is 3. The van der Waals surface area contributed by atoms with Gasteiger partial charge in [-0.3, -0.25) is 4.79 Å². The van der Waals surface area contributed by atoms with Crippen LogP contribution in [0.4, 0.5) is 0 Å². The summed E-state index contributed by atoms with van der Waals surface area (Å²) in [5, 5.41) is 9.95. The molecule has 0 bridgehead atoms. The second kappa shape index (κ2) is 5.89. The number of benzene rings is 2. The zero-order chi connectivity index (χ0) is 13.8. The number of ether oxygens (including phenoxy) is 1. The number of halogens is 1. The molecule has 0 aliphatic heterocycles. The Labute approximate surface area is 120 Å². The molecular formula is C15H13BrO3. The van der Waals surface area contributed by atoms with Gasteiger partial charge in [0.05, 0.1) is 16.6 Å². The molecule has 0 aliphatic carbocycles. The van der Waals surface area contributed by atoms with Crippen LogP contribution in [0.2, 0.25) is 0 Å². The van der Waals surface area contributed by atoms with Gasteiger partial charge < -0.3 is 9.84 Å². The highest BCUT2D eigenvalue weighted by Crippen LogP contribution is 2.33. The molecule has 2 aromatic rings. The monoisotopic (exact) mass is 320 g/mol. The second-order valence-electron chi connectivity index (χ2n) is 3.93. The van der Waals surface area contributed by atoms with Crippen LogP contribution in [0.15, 0.2) is 46.9 Å². The van der Waals surface area contributed by atoms with Crippen LogP contribution in [0.3, 0.4) is 0 Å². The number of ketones is 1. The van der Waals surface area contributed by atoms with Crippen LogP contribution in [-0.2, 0) is 0 Å². The van der Waals surface area contributed by atoms with Gasteiger partial charge in [0.15, 0.2) is 5.78 Å². The number of rotatable bonds is 4. The van der Waals surface area contributed by atoms with Crippen LogP contribution >= 0.6 is 15.9 Å². The summed E-state index contributed by atoms with van der Waals surface area (Å²) in [7, 11) is 0. The van der Waals surface area contributed by atoms with E-state index in [1.54, 1.807) is 30.3 Å². The highest BCUT2D eigenvalue weighted by atomic mass is 79.9. The van der Waals surface area contributed by atoms with E-state index >= 15 is 0 Å². The van der Waals surface area contributed by atoms with Crippen molar-refractivity contribution >= 4 is 21.7 Å². The van der Waals surface area contributed by atoms with Crippen molar-refractivity contribution in [2.24, 2.45) is 0 Å². The van der Waals surface area contributed by atoms with Gasteiger partial charge in [-0.15, -0.1) is 0 Å². The van der Waals surface area contributed by atoms with Crippen molar-refractivity contribution in [3.63, 3.8) is 0 Å². The van der Waals surface area contributed by atoms with Crippen LogP contribution in [0, 0.1) is 0 Å². The molecule has 0 saturated heterocycles. The van der Waals surface area contributed by atoms with E-state index in [-0.39, 0.29) is 17.1 Å². The molecular weight excluding hydrogens is 308 g/mol. The lowest BCUT2D eigenvalue weighted by molar-refractivity contribution is 0.103. The van der Waals surface area contributed by atoms with E-state index in [0.29, 0.717) is 22.4 Å². The summed E-state index contributed by atoms with van der Waals surface area (Å²) in [6.45, 7) is 2.34. The molecule has 0 heterocycles. The lowest BCUT2D eigenvalue weighted by Crippen LogP contribution is -2.02. The number of carbonyl (C=O) groups is 1. The average molecular weight is 321 g/mol. The highest BCUT2D eigenvalue weighted by molar-refractivity contribution is 9.10. The van der Waals surface area contributed by atoms with E-state index < -0.39 is 0 Å². The van der Waals surface area contributed by atoms with Crippen molar-refractivity contribution in [2.45, 2.75) is 6.92 Å². The second-order valence-corrected chi connectivity index (χ2v) is 4.78. The fourth-order valence-corrected chi connectivity index (χ4v) is 2.19. The lowest BCUT2D eigenvalue weighted by atomic mass is 10.0. The van der Waals surface area contributed by atoms with Crippen molar-refractivity contribution in [1.29, 1.82) is 0 Å². The van der Waals surface area contributed by atoms with Gasteiger partial charge in [0, 0.05) is 11.6 Å². The molecule has 2 aromatic carbocycles. The maximum atomic E-state index is 12.3. The predicted molar refractivity (Wildman–Crippen MR) is 76.9 cm³/mol. The Bertz CT molecular complexity index is 594. The van der Waals surface area contributed by atoms with E-state index in [2.05, 4.69) is 15.9 Å². The summed E-state index contributed by atoms with van der Waals surface area (Å²) in [4.78, 5) is 12.3. The molecule has 3 nitrogen and oxygen atoms in total. The zero-order valence-electron chi connectivity index (χ0n) is 10.4. The molecule has 0 aromatic heterocycles. The molecule has 0 unspecified atom stereocenters. The summed E-state index contributed by atoms with van der Waals surface area (Å²) in [5.74, 6) is 0.215. The van der Waals surface area contributed by atoms with Crippen LogP contribution in [-0.4, -0.2) is 17.5 Å². The first-order valence-corrected chi connectivity index (χ1v) is 6.68. The minimum Gasteiger partial charge on any atom is -0.507 e. The fourth-order valence-electron chi connectivity index (χ4n) is 1.74. The molecule has 98 valence electrons. The van der Waals surface area contributed by atoms with E-state index in [9.17, 15) is 9.90 Å². The Balaban J connectivity index is 2.41. The van der Waals surface area contributed by atoms with Gasteiger partial charge in [-0.1, -0.05) is 30.3 Å². The summed E-state index contributed by atoms with van der Waals surface area (Å²) in [6, 6.07) is 11.9. The van der Waals surface area contributed by atoms with Gasteiger partial charge in [0.25, 0.3) is 0 Å². The Hall–Kier alpha value is -1.81. The summed E-state index contributed by atoms with van der Waals surface area (Å²) >= 11 is 3.33. The molecule has 0 saturated carbocycles. The van der Waals surface area contributed by atoms with Crippen LogP contribution in [0.25, 0.3) is 0 Å². The first-order valence-electron chi connectivity index (χ1n) is 5.88. The molecule has 0 fully saturated rings. The first-order chi connectivity index (χ1) is 9.13. The largest absolute Gasteiger partial charge is 0.507 e. The molecule has 2 rings (SSSR count). The third kappa shape index (κ3) is 2.96. The minimum atomic E-state index is -0.221. The molecule has 1 N–H and O–H groups in total. The zero-order valence-corrected chi connectivity index (χ0v) is 12.0. The molecule has 19 heavy (non-hydrogen) atoms. The SMILES string of the molecule is CCOc1cc(O)c(C(=O)c2ccccc2)cc1Br. The third-order valence-electron chi connectivity index (χ3n) is 2.63. The summed E-state index contributed by atoms with van der Waals surface area (Å²) in [6.07, 6.45) is 0. The number of phenols is 1. The van der Waals surface area contributed by atoms with Gasteiger partial charge in [0.1, 0.15) is 11.5 Å². The Kier molecular flexibility index (Phi) is 4.22. The molecule has 0 radical (unpaired) electrons. The van der Waals surface area contributed by atoms with Gasteiger partial charge in [-0.25, -0.2) is 0 Å². The molecule has 0 atom stereocenters. The summed E-state index contributed by atoms with van der Waals surface area (Å²) < 4.78 is 5.98.